The highest BCUT2D eigenvalue weighted by molar-refractivity contribution is 6.31. The molecular formula is C15H14ClNO. The van der Waals surface area contributed by atoms with Crippen molar-refractivity contribution in [1.82, 2.24) is 0 Å². The Labute approximate surface area is 111 Å². The molecule has 0 bridgehead atoms. The van der Waals surface area contributed by atoms with E-state index < -0.39 is 0 Å². The molecule has 0 aliphatic heterocycles. The zero-order chi connectivity index (χ0) is 12.7. The average Bonchev–Trinajstić information content (AvgIpc) is 3.05. The van der Waals surface area contributed by atoms with Crippen LogP contribution >= 0.6 is 11.6 Å². The van der Waals surface area contributed by atoms with Crippen molar-refractivity contribution >= 4 is 11.6 Å². The van der Waals surface area contributed by atoms with Crippen molar-refractivity contribution in [2.24, 2.45) is 5.73 Å². The molecule has 3 N–H and O–H groups in total. The highest BCUT2D eigenvalue weighted by atomic mass is 35.5. The predicted molar refractivity (Wildman–Crippen MR) is 73.9 cm³/mol. The van der Waals surface area contributed by atoms with E-state index in [0.717, 1.165) is 17.5 Å². The molecule has 2 unspecified atom stereocenters. The molecule has 0 saturated heterocycles. The molecule has 3 heteroatoms. The van der Waals surface area contributed by atoms with Crippen LogP contribution in [0.1, 0.15) is 17.9 Å². The highest BCUT2D eigenvalue weighted by Crippen LogP contribution is 2.39. The van der Waals surface area contributed by atoms with E-state index in [9.17, 15) is 5.11 Å². The first-order chi connectivity index (χ1) is 8.63. The zero-order valence-corrected chi connectivity index (χ0v) is 10.6. The van der Waals surface area contributed by atoms with Gasteiger partial charge in [-0.15, -0.1) is 0 Å². The van der Waals surface area contributed by atoms with Crippen LogP contribution in [-0.4, -0.2) is 11.1 Å². The molecule has 2 atom stereocenters. The molecule has 2 aromatic rings. The third kappa shape index (κ3) is 2.22. The van der Waals surface area contributed by atoms with Gasteiger partial charge in [-0.25, -0.2) is 0 Å². The first-order valence-corrected chi connectivity index (χ1v) is 6.37. The van der Waals surface area contributed by atoms with Gasteiger partial charge in [-0.3, -0.25) is 0 Å². The molecule has 0 radical (unpaired) electrons. The van der Waals surface area contributed by atoms with Crippen molar-refractivity contribution in [1.29, 1.82) is 0 Å². The van der Waals surface area contributed by atoms with Gasteiger partial charge in [0.25, 0.3) is 0 Å². The Morgan fingerprint density at radius 1 is 1.06 bits per heavy atom. The van der Waals surface area contributed by atoms with Gasteiger partial charge < -0.3 is 10.8 Å². The number of aromatic hydroxyl groups is 1. The normalized spacial score (nSPS) is 21.9. The van der Waals surface area contributed by atoms with E-state index in [4.69, 9.17) is 17.3 Å². The summed E-state index contributed by atoms with van der Waals surface area (Å²) in [5, 5.41) is 10.1. The molecule has 1 fully saturated rings. The molecule has 1 saturated carbocycles. The lowest BCUT2D eigenvalue weighted by molar-refractivity contribution is 0.475. The quantitative estimate of drug-likeness (QED) is 0.867. The Morgan fingerprint density at radius 3 is 2.28 bits per heavy atom. The van der Waals surface area contributed by atoms with Crippen LogP contribution in [-0.2, 0) is 0 Å². The summed E-state index contributed by atoms with van der Waals surface area (Å²) in [4.78, 5) is 0. The minimum absolute atomic E-state index is 0.186. The smallest absolute Gasteiger partial charge is 0.117 e. The molecule has 3 rings (SSSR count). The van der Waals surface area contributed by atoms with Gasteiger partial charge in [0.15, 0.2) is 0 Å². The van der Waals surface area contributed by atoms with E-state index in [1.54, 1.807) is 6.07 Å². The van der Waals surface area contributed by atoms with Gasteiger partial charge in [0, 0.05) is 17.0 Å². The molecule has 18 heavy (non-hydrogen) atoms. The second-order valence-electron chi connectivity index (χ2n) is 4.83. The van der Waals surface area contributed by atoms with Crippen molar-refractivity contribution in [2.75, 3.05) is 0 Å². The monoisotopic (exact) mass is 259 g/mol. The molecule has 0 spiro atoms. The van der Waals surface area contributed by atoms with Crippen LogP contribution < -0.4 is 5.73 Å². The summed E-state index contributed by atoms with van der Waals surface area (Å²) >= 11 is 5.93. The number of benzene rings is 2. The molecule has 2 nitrogen and oxygen atoms in total. The van der Waals surface area contributed by atoms with E-state index in [1.807, 2.05) is 18.2 Å². The number of hydrogen-bond donors (Lipinski definition) is 2. The Hall–Kier alpha value is -1.51. The summed E-state index contributed by atoms with van der Waals surface area (Å²) in [5.74, 6) is 0.706. The minimum atomic E-state index is 0.186. The summed E-state index contributed by atoms with van der Waals surface area (Å²) in [5.41, 5.74) is 9.10. The van der Waals surface area contributed by atoms with Crippen LogP contribution in [0.15, 0.2) is 42.5 Å². The summed E-state index contributed by atoms with van der Waals surface area (Å²) in [6.07, 6.45) is 1.08. The topological polar surface area (TPSA) is 46.2 Å². The Kier molecular flexibility index (Phi) is 2.77. The maximum Gasteiger partial charge on any atom is 0.117 e. The lowest BCUT2D eigenvalue weighted by Gasteiger charge is -2.05. The lowest BCUT2D eigenvalue weighted by Crippen LogP contribution is -2.00. The van der Waals surface area contributed by atoms with Gasteiger partial charge in [-0.2, -0.15) is 0 Å². The molecule has 0 aromatic heterocycles. The molecule has 0 heterocycles. The van der Waals surface area contributed by atoms with Crippen molar-refractivity contribution in [3.63, 3.8) is 0 Å². The minimum Gasteiger partial charge on any atom is -0.508 e. The van der Waals surface area contributed by atoms with Crippen molar-refractivity contribution in [3.05, 3.63) is 53.1 Å². The van der Waals surface area contributed by atoms with Crippen LogP contribution in [0.4, 0.5) is 0 Å². The van der Waals surface area contributed by atoms with Gasteiger partial charge in [0.05, 0.1) is 0 Å². The largest absolute Gasteiger partial charge is 0.508 e. The van der Waals surface area contributed by atoms with Crippen molar-refractivity contribution < 1.29 is 5.11 Å². The van der Waals surface area contributed by atoms with E-state index in [0.29, 0.717) is 17.0 Å². The fraction of sp³-hybridized carbons (Fsp3) is 0.200. The molecule has 92 valence electrons. The van der Waals surface area contributed by atoms with Crippen LogP contribution in [0, 0.1) is 0 Å². The van der Waals surface area contributed by atoms with Gasteiger partial charge in [-0.1, -0.05) is 35.9 Å². The number of rotatable bonds is 2. The zero-order valence-electron chi connectivity index (χ0n) is 9.81. The standard InChI is InChI=1S/C15H14ClNO/c16-12-5-11(6-13(18)7-12)9-1-3-10(4-2-9)14-8-15(14)17/h1-7,14-15,18H,8,17H2. The van der Waals surface area contributed by atoms with Gasteiger partial charge in [0.2, 0.25) is 0 Å². The number of hydrogen-bond acceptors (Lipinski definition) is 2. The van der Waals surface area contributed by atoms with Crippen LogP contribution in [0.3, 0.4) is 0 Å². The van der Waals surface area contributed by atoms with Crippen LogP contribution in [0.2, 0.25) is 5.02 Å². The summed E-state index contributed by atoms with van der Waals surface area (Å²) in [7, 11) is 0. The number of halogens is 1. The predicted octanol–water partition coefficient (Wildman–Crippen LogP) is 3.53. The van der Waals surface area contributed by atoms with Crippen LogP contribution in [0.25, 0.3) is 11.1 Å². The van der Waals surface area contributed by atoms with Crippen LogP contribution in [0.5, 0.6) is 5.75 Å². The summed E-state index contributed by atoms with van der Waals surface area (Å²) in [6.45, 7) is 0. The molecule has 2 aromatic carbocycles. The first kappa shape index (κ1) is 11.6. The molecule has 1 aliphatic rings. The average molecular weight is 260 g/mol. The molecule has 0 amide bonds. The summed E-state index contributed by atoms with van der Waals surface area (Å²) in [6, 6.07) is 13.7. The number of nitrogens with two attached hydrogens (primary N) is 1. The third-order valence-electron chi connectivity index (χ3n) is 3.39. The van der Waals surface area contributed by atoms with Crippen molar-refractivity contribution in [3.8, 4) is 16.9 Å². The Bertz CT molecular complexity index is 559. The van der Waals surface area contributed by atoms with E-state index in [1.165, 1.54) is 11.6 Å². The van der Waals surface area contributed by atoms with Gasteiger partial charge in [0.1, 0.15) is 5.75 Å². The number of phenolic OH excluding ortho intramolecular Hbond substituents is 1. The van der Waals surface area contributed by atoms with Gasteiger partial charge in [-0.05, 0) is 41.3 Å². The fourth-order valence-electron chi connectivity index (χ4n) is 2.26. The molecular weight excluding hydrogens is 246 g/mol. The van der Waals surface area contributed by atoms with E-state index in [-0.39, 0.29) is 5.75 Å². The second kappa shape index (κ2) is 4.30. The molecule has 1 aliphatic carbocycles. The lowest BCUT2D eigenvalue weighted by atomic mass is 10.0. The summed E-state index contributed by atoms with van der Waals surface area (Å²) < 4.78 is 0. The van der Waals surface area contributed by atoms with E-state index >= 15 is 0 Å². The highest BCUT2D eigenvalue weighted by Gasteiger charge is 2.34. The number of phenols is 1. The Balaban J connectivity index is 1.92. The van der Waals surface area contributed by atoms with E-state index in [2.05, 4.69) is 12.1 Å². The first-order valence-electron chi connectivity index (χ1n) is 5.99. The maximum atomic E-state index is 9.54. The SMILES string of the molecule is NC1CC1c1ccc(-c2cc(O)cc(Cl)c2)cc1. The third-order valence-corrected chi connectivity index (χ3v) is 3.61. The Morgan fingerprint density at radius 2 is 1.72 bits per heavy atom. The fourth-order valence-corrected chi connectivity index (χ4v) is 2.49. The maximum absolute atomic E-state index is 9.54. The second-order valence-corrected chi connectivity index (χ2v) is 5.26. The van der Waals surface area contributed by atoms with Gasteiger partial charge >= 0.3 is 0 Å². The van der Waals surface area contributed by atoms with Crippen molar-refractivity contribution in [2.45, 2.75) is 18.4 Å².